The maximum atomic E-state index is 12.2. The Labute approximate surface area is 205 Å². The van der Waals surface area contributed by atoms with Gasteiger partial charge in [0.15, 0.2) is 12.6 Å². The Bertz CT molecular complexity index is 517. The minimum Gasteiger partial charge on any atom is -0.457 e. The van der Waals surface area contributed by atoms with Crippen LogP contribution in [-0.2, 0) is 38.0 Å². The maximum absolute atomic E-state index is 12.2. The molecule has 198 valence electrons. The molecule has 2 unspecified atom stereocenters. The summed E-state index contributed by atoms with van der Waals surface area (Å²) in [6, 6.07) is 0. The van der Waals surface area contributed by atoms with Gasteiger partial charge < -0.3 is 28.4 Å². The lowest BCUT2D eigenvalue weighted by Gasteiger charge is -2.34. The Balaban J connectivity index is 1.60. The summed E-state index contributed by atoms with van der Waals surface area (Å²) in [4.78, 5) is 24.3. The van der Waals surface area contributed by atoms with Gasteiger partial charge in [-0.3, -0.25) is 9.59 Å². The molecule has 2 atom stereocenters. The molecule has 2 saturated heterocycles. The predicted molar refractivity (Wildman–Crippen MR) is 127 cm³/mol. The first-order valence-corrected chi connectivity index (χ1v) is 13.4. The van der Waals surface area contributed by atoms with E-state index in [-0.39, 0.29) is 25.4 Å². The second-order valence-electron chi connectivity index (χ2n) is 9.41. The van der Waals surface area contributed by atoms with Crippen molar-refractivity contribution in [1.29, 1.82) is 0 Å². The molecule has 8 heteroatoms. The monoisotopic (exact) mass is 486 g/mol. The topological polar surface area (TPSA) is 89.5 Å². The zero-order chi connectivity index (χ0) is 24.8. The third-order valence-electron chi connectivity index (χ3n) is 6.59. The second-order valence-corrected chi connectivity index (χ2v) is 9.41. The molecule has 0 amide bonds. The van der Waals surface area contributed by atoms with Crippen molar-refractivity contribution in [3.63, 3.8) is 0 Å². The second kappa shape index (κ2) is 16.5. The van der Waals surface area contributed by atoms with E-state index in [2.05, 4.69) is 27.7 Å². The molecule has 0 spiro atoms. The molecule has 0 bridgehead atoms. The van der Waals surface area contributed by atoms with Crippen LogP contribution >= 0.6 is 0 Å². The van der Waals surface area contributed by atoms with E-state index in [4.69, 9.17) is 28.4 Å². The van der Waals surface area contributed by atoms with E-state index in [9.17, 15) is 9.59 Å². The smallest absolute Gasteiger partial charge is 0.306 e. The van der Waals surface area contributed by atoms with E-state index in [1.165, 1.54) is 0 Å². The molecule has 2 aliphatic heterocycles. The first-order valence-electron chi connectivity index (χ1n) is 13.4. The van der Waals surface area contributed by atoms with Gasteiger partial charge in [-0.05, 0) is 25.7 Å². The quantitative estimate of drug-likeness (QED) is 0.306. The Morgan fingerprint density at radius 1 is 0.676 bits per heavy atom. The van der Waals surface area contributed by atoms with Crippen LogP contribution < -0.4 is 0 Å². The third kappa shape index (κ3) is 10.2. The Morgan fingerprint density at radius 2 is 1.03 bits per heavy atom. The molecule has 0 saturated carbocycles. The summed E-state index contributed by atoms with van der Waals surface area (Å²) in [5.41, 5.74) is 0. The van der Waals surface area contributed by atoms with Crippen LogP contribution in [0.1, 0.15) is 91.9 Å². The van der Waals surface area contributed by atoms with Crippen molar-refractivity contribution in [3.8, 4) is 0 Å². The molecule has 2 fully saturated rings. The number of ether oxygens (including phenoxy) is 6. The van der Waals surface area contributed by atoms with Crippen LogP contribution in [0.3, 0.4) is 0 Å². The largest absolute Gasteiger partial charge is 0.457 e. The lowest BCUT2D eigenvalue weighted by atomic mass is 9.98. The average molecular weight is 487 g/mol. The zero-order valence-electron chi connectivity index (χ0n) is 21.6. The molecule has 0 N–H and O–H groups in total. The summed E-state index contributed by atoms with van der Waals surface area (Å²) in [7, 11) is 0. The molecule has 2 heterocycles. The lowest BCUT2D eigenvalue weighted by molar-refractivity contribution is -0.246. The molecule has 8 nitrogen and oxygen atoms in total. The summed E-state index contributed by atoms with van der Waals surface area (Å²) in [5, 5.41) is 0. The SMILES string of the molecule is CCCCC(CC)C1OCC(OC(=O)CCC(=O)OC2COC(C(CC)CCCC)OC2)CO1. The first kappa shape index (κ1) is 29.0. The minimum atomic E-state index is -0.455. The summed E-state index contributed by atoms with van der Waals surface area (Å²) in [6.07, 6.45) is 7.26. The third-order valence-corrected chi connectivity index (χ3v) is 6.59. The summed E-state index contributed by atoms with van der Waals surface area (Å²) in [6.45, 7) is 9.89. The highest BCUT2D eigenvalue weighted by molar-refractivity contribution is 5.77. The van der Waals surface area contributed by atoms with Crippen molar-refractivity contribution < 1.29 is 38.0 Å². The van der Waals surface area contributed by atoms with E-state index >= 15 is 0 Å². The highest BCUT2D eigenvalue weighted by atomic mass is 16.7. The molecule has 0 radical (unpaired) electrons. The number of hydrogen-bond donors (Lipinski definition) is 0. The fraction of sp³-hybridized carbons (Fsp3) is 0.923. The Kier molecular flexibility index (Phi) is 14.0. The van der Waals surface area contributed by atoms with Gasteiger partial charge in [-0.25, -0.2) is 0 Å². The average Bonchev–Trinajstić information content (AvgIpc) is 2.85. The predicted octanol–water partition coefficient (Wildman–Crippen LogP) is 4.77. The van der Waals surface area contributed by atoms with Gasteiger partial charge in [0.1, 0.15) is 12.2 Å². The van der Waals surface area contributed by atoms with E-state index in [1.807, 2.05) is 0 Å². The molecule has 2 rings (SSSR count). The zero-order valence-corrected chi connectivity index (χ0v) is 21.6. The molecular weight excluding hydrogens is 440 g/mol. The molecule has 0 aromatic rings. The van der Waals surface area contributed by atoms with Gasteiger partial charge in [-0.15, -0.1) is 0 Å². The van der Waals surface area contributed by atoms with E-state index in [1.54, 1.807) is 0 Å². The van der Waals surface area contributed by atoms with Crippen molar-refractivity contribution in [2.45, 2.75) is 117 Å². The van der Waals surface area contributed by atoms with Gasteiger partial charge in [0, 0.05) is 11.8 Å². The van der Waals surface area contributed by atoms with Gasteiger partial charge >= 0.3 is 11.9 Å². The number of esters is 2. The van der Waals surface area contributed by atoms with Gasteiger partial charge in [-0.1, -0.05) is 53.4 Å². The van der Waals surface area contributed by atoms with Crippen LogP contribution in [0.5, 0.6) is 0 Å². The highest BCUT2D eigenvalue weighted by Crippen LogP contribution is 2.25. The van der Waals surface area contributed by atoms with Crippen LogP contribution in [0.4, 0.5) is 0 Å². The van der Waals surface area contributed by atoms with Crippen LogP contribution in [0, 0.1) is 11.8 Å². The van der Waals surface area contributed by atoms with Crippen LogP contribution in [0.15, 0.2) is 0 Å². The Morgan fingerprint density at radius 3 is 1.32 bits per heavy atom. The number of carbonyl (C=O) groups is 2. The van der Waals surface area contributed by atoms with Crippen LogP contribution in [-0.4, -0.2) is 63.2 Å². The normalized spacial score (nSPS) is 27.1. The number of unbranched alkanes of at least 4 members (excludes halogenated alkanes) is 2. The molecule has 0 aromatic heterocycles. The molecule has 0 aromatic carbocycles. The fourth-order valence-electron chi connectivity index (χ4n) is 4.37. The standard InChI is InChI=1S/C26H46O8/c1-5-9-11-19(7-3)25-29-15-21(16-30-25)33-23(27)13-14-24(28)34-22-17-31-26(32-18-22)20(8-4)12-10-6-2/h19-22,25-26H,5-18H2,1-4H3. The van der Waals surface area contributed by atoms with Crippen molar-refractivity contribution >= 4 is 11.9 Å². The first-order chi connectivity index (χ1) is 16.5. The van der Waals surface area contributed by atoms with Crippen molar-refractivity contribution in [1.82, 2.24) is 0 Å². The van der Waals surface area contributed by atoms with Gasteiger partial charge in [0.2, 0.25) is 0 Å². The number of hydrogen-bond acceptors (Lipinski definition) is 8. The van der Waals surface area contributed by atoms with E-state index in [0.717, 1.165) is 51.4 Å². The summed E-state index contributed by atoms with van der Waals surface area (Å²) < 4.78 is 34.0. The Hall–Kier alpha value is -1.22. The maximum Gasteiger partial charge on any atom is 0.306 e. The van der Waals surface area contributed by atoms with Gasteiger partial charge in [0.05, 0.1) is 39.3 Å². The minimum absolute atomic E-state index is 0.0428. The van der Waals surface area contributed by atoms with E-state index in [0.29, 0.717) is 38.3 Å². The molecule has 2 aliphatic rings. The van der Waals surface area contributed by atoms with Crippen LogP contribution in [0.25, 0.3) is 0 Å². The fourth-order valence-corrected chi connectivity index (χ4v) is 4.37. The number of carbonyl (C=O) groups excluding carboxylic acids is 2. The van der Waals surface area contributed by atoms with Crippen LogP contribution in [0.2, 0.25) is 0 Å². The van der Waals surface area contributed by atoms with E-state index < -0.39 is 24.1 Å². The highest BCUT2D eigenvalue weighted by Gasteiger charge is 2.31. The molecular formula is C26H46O8. The van der Waals surface area contributed by atoms with Gasteiger partial charge in [0.25, 0.3) is 0 Å². The summed E-state index contributed by atoms with van der Waals surface area (Å²) in [5.74, 6) is -0.190. The molecule has 0 aliphatic carbocycles. The van der Waals surface area contributed by atoms with Gasteiger partial charge in [-0.2, -0.15) is 0 Å². The summed E-state index contributed by atoms with van der Waals surface area (Å²) >= 11 is 0. The van der Waals surface area contributed by atoms with Crippen molar-refractivity contribution in [2.75, 3.05) is 26.4 Å². The number of rotatable bonds is 15. The van der Waals surface area contributed by atoms with Crippen molar-refractivity contribution in [3.05, 3.63) is 0 Å². The lowest BCUT2D eigenvalue weighted by Crippen LogP contribution is -2.42. The van der Waals surface area contributed by atoms with Crippen molar-refractivity contribution in [2.24, 2.45) is 11.8 Å². The molecule has 34 heavy (non-hydrogen) atoms.